The van der Waals surface area contributed by atoms with Crippen LogP contribution in [0.1, 0.15) is 20.3 Å². The van der Waals surface area contributed by atoms with Crippen LogP contribution >= 0.6 is 0 Å². The molecule has 2 amide bonds. The molecule has 4 nitrogen and oxygen atoms in total. The smallest absolute Gasteiger partial charge is 0.320 e. The van der Waals surface area contributed by atoms with Gasteiger partial charge in [0.15, 0.2) is 0 Å². The van der Waals surface area contributed by atoms with E-state index >= 15 is 0 Å². The summed E-state index contributed by atoms with van der Waals surface area (Å²) in [5.41, 5.74) is 0. The largest absolute Gasteiger partial charge is 0.324 e. The van der Waals surface area contributed by atoms with Gasteiger partial charge in [0.25, 0.3) is 0 Å². The van der Waals surface area contributed by atoms with Crippen molar-refractivity contribution in [2.45, 2.75) is 20.3 Å². The Morgan fingerprint density at radius 1 is 1.19 bits per heavy atom. The van der Waals surface area contributed by atoms with E-state index in [2.05, 4.69) is 19.2 Å². The monoisotopic (exact) mass is 225 g/mol. The van der Waals surface area contributed by atoms with Crippen LogP contribution in [-0.4, -0.2) is 55.1 Å². The first-order valence-corrected chi connectivity index (χ1v) is 6.43. The number of rotatable bonds is 1. The molecule has 1 unspecified atom stereocenters. The number of nitrogens with one attached hydrogen (secondary N) is 1. The summed E-state index contributed by atoms with van der Waals surface area (Å²) in [5, 5.41) is 3.27. The number of piperazine rings is 1. The SMILES string of the molecule is CC(C)C1CCN(C(=O)N2CCNCC2)C1. The van der Waals surface area contributed by atoms with Crippen LogP contribution in [0.15, 0.2) is 0 Å². The van der Waals surface area contributed by atoms with Crippen LogP contribution in [0, 0.1) is 11.8 Å². The Kier molecular flexibility index (Phi) is 3.69. The Balaban J connectivity index is 1.86. The lowest BCUT2D eigenvalue weighted by molar-refractivity contribution is 0.153. The molecule has 0 bridgehead atoms. The molecule has 0 radical (unpaired) electrons. The maximum atomic E-state index is 12.2. The Hall–Kier alpha value is -0.770. The van der Waals surface area contributed by atoms with Crippen molar-refractivity contribution in [2.24, 2.45) is 11.8 Å². The molecule has 2 heterocycles. The molecular formula is C12H23N3O. The average Bonchev–Trinajstić information content (AvgIpc) is 2.78. The van der Waals surface area contributed by atoms with E-state index < -0.39 is 0 Å². The fourth-order valence-electron chi connectivity index (χ4n) is 2.56. The van der Waals surface area contributed by atoms with Crippen LogP contribution < -0.4 is 5.32 Å². The molecule has 2 saturated heterocycles. The van der Waals surface area contributed by atoms with Crippen molar-refractivity contribution >= 4 is 6.03 Å². The van der Waals surface area contributed by atoms with Gasteiger partial charge in [-0.15, -0.1) is 0 Å². The lowest BCUT2D eigenvalue weighted by atomic mass is 9.95. The third-order valence-corrected chi connectivity index (χ3v) is 3.83. The van der Waals surface area contributed by atoms with E-state index in [1.807, 2.05) is 9.80 Å². The maximum absolute atomic E-state index is 12.2. The van der Waals surface area contributed by atoms with E-state index in [0.717, 1.165) is 39.3 Å². The highest BCUT2D eigenvalue weighted by Gasteiger charge is 2.30. The van der Waals surface area contributed by atoms with Gasteiger partial charge in [-0.1, -0.05) is 13.8 Å². The second-order valence-corrected chi connectivity index (χ2v) is 5.26. The molecule has 1 N–H and O–H groups in total. The van der Waals surface area contributed by atoms with Crippen LogP contribution in [0.25, 0.3) is 0 Å². The Morgan fingerprint density at radius 3 is 2.44 bits per heavy atom. The van der Waals surface area contributed by atoms with Gasteiger partial charge in [0.2, 0.25) is 0 Å². The molecule has 4 heteroatoms. The lowest BCUT2D eigenvalue weighted by Crippen LogP contribution is -2.51. The van der Waals surface area contributed by atoms with Gasteiger partial charge in [-0.05, 0) is 18.3 Å². The number of hydrogen-bond acceptors (Lipinski definition) is 2. The standard InChI is InChI=1S/C12H23N3O/c1-10(2)11-3-6-15(9-11)12(16)14-7-4-13-5-8-14/h10-11,13H,3-9H2,1-2H3. The second-order valence-electron chi connectivity index (χ2n) is 5.26. The molecule has 0 saturated carbocycles. The molecule has 2 aliphatic heterocycles. The number of carbonyl (C=O) groups is 1. The summed E-state index contributed by atoms with van der Waals surface area (Å²) < 4.78 is 0. The molecule has 1 atom stereocenters. The minimum atomic E-state index is 0.254. The quantitative estimate of drug-likeness (QED) is 0.722. The third-order valence-electron chi connectivity index (χ3n) is 3.83. The highest BCUT2D eigenvalue weighted by atomic mass is 16.2. The van der Waals surface area contributed by atoms with Gasteiger partial charge in [-0.2, -0.15) is 0 Å². The van der Waals surface area contributed by atoms with Crippen LogP contribution in [0.3, 0.4) is 0 Å². The van der Waals surface area contributed by atoms with E-state index in [1.54, 1.807) is 0 Å². The van der Waals surface area contributed by atoms with Gasteiger partial charge in [0.05, 0.1) is 0 Å². The van der Waals surface area contributed by atoms with Crippen molar-refractivity contribution in [1.82, 2.24) is 15.1 Å². The summed E-state index contributed by atoms with van der Waals surface area (Å²) in [6.45, 7) is 10.0. The van der Waals surface area contributed by atoms with Gasteiger partial charge in [0.1, 0.15) is 0 Å². The van der Waals surface area contributed by atoms with Gasteiger partial charge in [-0.3, -0.25) is 0 Å². The molecule has 0 aromatic heterocycles. The highest BCUT2D eigenvalue weighted by Crippen LogP contribution is 2.24. The predicted molar refractivity (Wildman–Crippen MR) is 64.4 cm³/mol. The summed E-state index contributed by atoms with van der Waals surface area (Å²) in [6.07, 6.45) is 1.18. The Morgan fingerprint density at radius 2 is 1.88 bits per heavy atom. The molecule has 92 valence electrons. The second kappa shape index (κ2) is 5.04. The molecule has 2 aliphatic rings. The number of amides is 2. The zero-order chi connectivity index (χ0) is 11.5. The van der Waals surface area contributed by atoms with Crippen molar-refractivity contribution in [3.8, 4) is 0 Å². The van der Waals surface area contributed by atoms with Crippen LogP contribution in [0.4, 0.5) is 4.79 Å². The molecule has 0 aromatic carbocycles. The minimum Gasteiger partial charge on any atom is -0.324 e. The highest BCUT2D eigenvalue weighted by molar-refractivity contribution is 5.74. The first-order chi connectivity index (χ1) is 7.68. The Labute approximate surface area is 98.0 Å². The van der Waals surface area contributed by atoms with Crippen molar-refractivity contribution in [1.29, 1.82) is 0 Å². The van der Waals surface area contributed by atoms with Crippen molar-refractivity contribution < 1.29 is 4.79 Å². The normalized spacial score (nSPS) is 26.6. The first-order valence-electron chi connectivity index (χ1n) is 6.43. The predicted octanol–water partition coefficient (Wildman–Crippen LogP) is 0.990. The van der Waals surface area contributed by atoms with E-state index in [9.17, 15) is 4.79 Å². The zero-order valence-corrected chi connectivity index (χ0v) is 10.4. The first kappa shape index (κ1) is 11.7. The van der Waals surface area contributed by atoms with Crippen LogP contribution in [0.5, 0.6) is 0 Å². The van der Waals surface area contributed by atoms with E-state index in [4.69, 9.17) is 0 Å². The fraction of sp³-hybridized carbons (Fsp3) is 0.917. The molecule has 2 fully saturated rings. The average molecular weight is 225 g/mol. The number of nitrogens with zero attached hydrogens (tertiary/aromatic N) is 2. The number of hydrogen-bond donors (Lipinski definition) is 1. The molecule has 0 aromatic rings. The summed E-state index contributed by atoms with van der Waals surface area (Å²) in [6, 6.07) is 0.254. The molecule has 2 rings (SSSR count). The molecular weight excluding hydrogens is 202 g/mol. The molecule has 16 heavy (non-hydrogen) atoms. The van der Waals surface area contributed by atoms with Gasteiger partial charge < -0.3 is 15.1 Å². The maximum Gasteiger partial charge on any atom is 0.320 e. The van der Waals surface area contributed by atoms with Crippen LogP contribution in [-0.2, 0) is 0 Å². The number of carbonyl (C=O) groups excluding carboxylic acids is 1. The number of likely N-dealkylation sites (tertiary alicyclic amines) is 1. The molecule has 0 spiro atoms. The van der Waals surface area contributed by atoms with Crippen molar-refractivity contribution in [3.63, 3.8) is 0 Å². The third kappa shape index (κ3) is 2.48. The minimum absolute atomic E-state index is 0.254. The fourth-order valence-corrected chi connectivity index (χ4v) is 2.56. The molecule has 0 aliphatic carbocycles. The van der Waals surface area contributed by atoms with E-state index in [0.29, 0.717) is 11.8 Å². The summed E-state index contributed by atoms with van der Waals surface area (Å²) in [4.78, 5) is 16.2. The van der Waals surface area contributed by atoms with Crippen molar-refractivity contribution in [2.75, 3.05) is 39.3 Å². The zero-order valence-electron chi connectivity index (χ0n) is 10.4. The van der Waals surface area contributed by atoms with Gasteiger partial charge in [-0.25, -0.2) is 4.79 Å². The summed E-state index contributed by atoms with van der Waals surface area (Å²) in [7, 11) is 0. The van der Waals surface area contributed by atoms with Crippen molar-refractivity contribution in [3.05, 3.63) is 0 Å². The topological polar surface area (TPSA) is 35.6 Å². The van der Waals surface area contributed by atoms with Crippen LogP contribution in [0.2, 0.25) is 0 Å². The van der Waals surface area contributed by atoms with Gasteiger partial charge in [0, 0.05) is 39.3 Å². The summed E-state index contributed by atoms with van der Waals surface area (Å²) >= 11 is 0. The summed E-state index contributed by atoms with van der Waals surface area (Å²) in [5.74, 6) is 1.40. The van der Waals surface area contributed by atoms with E-state index in [1.165, 1.54) is 6.42 Å². The lowest BCUT2D eigenvalue weighted by Gasteiger charge is -2.31. The van der Waals surface area contributed by atoms with Gasteiger partial charge >= 0.3 is 6.03 Å². The number of urea groups is 1. The Bertz CT molecular complexity index is 249. The van der Waals surface area contributed by atoms with E-state index in [-0.39, 0.29) is 6.03 Å².